The Hall–Kier alpha value is -1.10. The second-order valence-electron chi connectivity index (χ2n) is 3.53. The highest BCUT2D eigenvalue weighted by molar-refractivity contribution is 5.83. The lowest BCUT2D eigenvalue weighted by molar-refractivity contribution is -0.125. The van der Waals surface area contributed by atoms with Gasteiger partial charge in [0.1, 0.15) is 0 Å². The summed E-state index contributed by atoms with van der Waals surface area (Å²) >= 11 is 0. The van der Waals surface area contributed by atoms with Gasteiger partial charge in [-0.15, -0.1) is 0 Å². The van der Waals surface area contributed by atoms with E-state index in [0.29, 0.717) is 0 Å². The highest BCUT2D eigenvalue weighted by Gasteiger charge is 2.10. The Bertz CT molecular complexity index is 204. The van der Waals surface area contributed by atoms with Crippen LogP contribution in [0, 0.1) is 5.92 Å². The molecule has 0 aliphatic heterocycles. The van der Waals surface area contributed by atoms with Gasteiger partial charge in [-0.3, -0.25) is 9.59 Å². The summed E-state index contributed by atoms with van der Waals surface area (Å²) in [5.41, 5.74) is 0. The predicted molar refractivity (Wildman–Crippen MR) is 52.5 cm³/mol. The summed E-state index contributed by atoms with van der Waals surface area (Å²) in [5, 5.41) is 14.2. The van der Waals surface area contributed by atoms with Crippen LogP contribution in [0.15, 0.2) is 0 Å². The van der Waals surface area contributed by atoms with E-state index in [9.17, 15) is 14.7 Å². The molecule has 1 unspecified atom stereocenters. The maximum absolute atomic E-state index is 11.0. The van der Waals surface area contributed by atoms with Gasteiger partial charge in [0.25, 0.3) is 0 Å². The Balaban J connectivity index is 3.58. The third-order valence-electron chi connectivity index (χ3n) is 1.78. The fourth-order valence-electron chi connectivity index (χ4n) is 0.721. The van der Waals surface area contributed by atoms with Crippen LogP contribution in [-0.4, -0.2) is 36.1 Å². The molecule has 2 amide bonds. The van der Waals surface area contributed by atoms with Gasteiger partial charge >= 0.3 is 0 Å². The minimum atomic E-state index is -0.545. The topological polar surface area (TPSA) is 78.4 Å². The Labute approximate surface area is 83.9 Å². The van der Waals surface area contributed by atoms with Crippen molar-refractivity contribution in [2.45, 2.75) is 26.9 Å². The van der Waals surface area contributed by atoms with Gasteiger partial charge in [-0.05, 0) is 5.92 Å². The fourth-order valence-corrected chi connectivity index (χ4v) is 0.721. The molecule has 0 aromatic heterocycles. The monoisotopic (exact) mass is 202 g/mol. The van der Waals surface area contributed by atoms with Gasteiger partial charge in [0, 0.05) is 13.5 Å². The van der Waals surface area contributed by atoms with Gasteiger partial charge in [-0.25, -0.2) is 0 Å². The van der Waals surface area contributed by atoms with E-state index >= 15 is 0 Å². The molecule has 5 heteroatoms. The Kier molecular flexibility index (Phi) is 5.87. The summed E-state index contributed by atoms with van der Waals surface area (Å²) in [6, 6.07) is 0. The molecule has 0 fully saturated rings. The van der Waals surface area contributed by atoms with E-state index in [-0.39, 0.29) is 30.8 Å². The van der Waals surface area contributed by atoms with E-state index in [2.05, 4.69) is 10.6 Å². The molecular weight excluding hydrogens is 184 g/mol. The lowest BCUT2D eigenvalue weighted by Gasteiger charge is -2.14. The minimum absolute atomic E-state index is 0.0415. The smallest absolute Gasteiger partial charge is 0.239 e. The van der Waals surface area contributed by atoms with Crippen LogP contribution in [0.1, 0.15) is 20.8 Å². The number of aliphatic hydroxyl groups is 1. The number of hydrogen-bond acceptors (Lipinski definition) is 3. The molecule has 0 bridgehead atoms. The largest absolute Gasteiger partial charge is 0.391 e. The van der Waals surface area contributed by atoms with Gasteiger partial charge in [-0.1, -0.05) is 13.8 Å². The zero-order chi connectivity index (χ0) is 11.1. The predicted octanol–water partition coefficient (Wildman–Crippen LogP) is -0.744. The number of nitrogens with one attached hydrogen (secondary N) is 2. The van der Waals surface area contributed by atoms with Gasteiger partial charge < -0.3 is 15.7 Å². The van der Waals surface area contributed by atoms with Gasteiger partial charge in [-0.2, -0.15) is 0 Å². The van der Waals surface area contributed by atoms with Crippen molar-refractivity contribution in [1.29, 1.82) is 0 Å². The van der Waals surface area contributed by atoms with Gasteiger partial charge in [0.2, 0.25) is 11.8 Å². The van der Waals surface area contributed by atoms with Crippen molar-refractivity contribution < 1.29 is 14.7 Å². The first-order chi connectivity index (χ1) is 6.43. The normalized spacial score (nSPS) is 12.4. The van der Waals surface area contributed by atoms with Crippen molar-refractivity contribution in [2.75, 3.05) is 13.1 Å². The number of carbonyl (C=O) groups is 2. The third kappa shape index (κ3) is 6.42. The average Bonchev–Trinajstić information content (AvgIpc) is 2.10. The molecule has 0 aliphatic rings. The highest BCUT2D eigenvalue weighted by Crippen LogP contribution is 1.98. The summed E-state index contributed by atoms with van der Waals surface area (Å²) < 4.78 is 0. The molecule has 0 saturated carbocycles. The van der Waals surface area contributed by atoms with Gasteiger partial charge in [0.05, 0.1) is 12.6 Å². The van der Waals surface area contributed by atoms with Crippen LogP contribution in [-0.2, 0) is 9.59 Å². The highest BCUT2D eigenvalue weighted by atomic mass is 16.3. The molecule has 0 saturated heterocycles. The fraction of sp³-hybridized carbons (Fsp3) is 0.778. The molecule has 0 radical (unpaired) electrons. The van der Waals surface area contributed by atoms with Crippen molar-refractivity contribution >= 4 is 11.8 Å². The van der Waals surface area contributed by atoms with Crippen LogP contribution in [0.5, 0.6) is 0 Å². The second kappa shape index (κ2) is 6.37. The van der Waals surface area contributed by atoms with Crippen LogP contribution in [0.25, 0.3) is 0 Å². The van der Waals surface area contributed by atoms with E-state index in [1.165, 1.54) is 6.92 Å². The molecule has 5 nitrogen and oxygen atoms in total. The molecule has 0 aliphatic carbocycles. The number of rotatable bonds is 5. The van der Waals surface area contributed by atoms with Crippen LogP contribution in [0.4, 0.5) is 0 Å². The van der Waals surface area contributed by atoms with Crippen LogP contribution in [0.3, 0.4) is 0 Å². The Morgan fingerprint density at radius 1 is 1.29 bits per heavy atom. The van der Waals surface area contributed by atoms with Crippen molar-refractivity contribution in [1.82, 2.24) is 10.6 Å². The molecule has 1 atom stereocenters. The summed E-state index contributed by atoms with van der Waals surface area (Å²) in [5.74, 6) is -0.430. The molecule has 82 valence electrons. The number of carbonyl (C=O) groups excluding carboxylic acids is 2. The van der Waals surface area contributed by atoms with Crippen LogP contribution in [0.2, 0.25) is 0 Å². The molecule has 0 aromatic rings. The quantitative estimate of drug-likeness (QED) is 0.549. The lowest BCUT2D eigenvalue weighted by atomic mass is 10.1. The molecular formula is C9H18N2O3. The maximum Gasteiger partial charge on any atom is 0.239 e. The first-order valence-corrected chi connectivity index (χ1v) is 4.62. The summed E-state index contributed by atoms with van der Waals surface area (Å²) in [6.07, 6.45) is -0.545. The molecule has 0 spiro atoms. The zero-order valence-electron chi connectivity index (χ0n) is 8.83. The maximum atomic E-state index is 11.0. The summed E-state index contributed by atoms with van der Waals surface area (Å²) in [7, 11) is 0. The number of amides is 2. The first-order valence-electron chi connectivity index (χ1n) is 4.62. The Morgan fingerprint density at radius 2 is 1.86 bits per heavy atom. The van der Waals surface area contributed by atoms with Crippen LogP contribution < -0.4 is 10.6 Å². The van der Waals surface area contributed by atoms with E-state index in [0.717, 1.165) is 0 Å². The van der Waals surface area contributed by atoms with Crippen molar-refractivity contribution in [3.05, 3.63) is 0 Å². The SMILES string of the molecule is CC(=O)NCC(=O)NCC(O)C(C)C. The number of hydrogen-bond donors (Lipinski definition) is 3. The lowest BCUT2D eigenvalue weighted by Crippen LogP contribution is -2.40. The second-order valence-corrected chi connectivity index (χ2v) is 3.53. The van der Waals surface area contributed by atoms with E-state index in [4.69, 9.17) is 0 Å². The standard InChI is InChI=1S/C9H18N2O3/c1-6(2)8(13)4-11-9(14)5-10-7(3)12/h6,8,13H,4-5H2,1-3H3,(H,10,12)(H,11,14). The van der Waals surface area contributed by atoms with Crippen molar-refractivity contribution in [2.24, 2.45) is 5.92 Å². The van der Waals surface area contributed by atoms with E-state index in [1.807, 2.05) is 13.8 Å². The molecule has 3 N–H and O–H groups in total. The molecule has 0 heterocycles. The van der Waals surface area contributed by atoms with Crippen molar-refractivity contribution in [3.63, 3.8) is 0 Å². The zero-order valence-corrected chi connectivity index (χ0v) is 8.83. The summed E-state index contributed by atoms with van der Waals surface area (Å²) in [4.78, 5) is 21.5. The Morgan fingerprint density at radius 3 is 2.29 bits per heavy atom. The molecule has 14 heavy (non-hydrogen) atoms. The van der Waals surface area contributed by atoms with Gasteiger partial charge in [0.15, 0.2) is 0 Å². The van der Waals surface area contributed by atoms with Crippen LogP contribution >= 0.6 is 0 Å². The van der Waals surface area contributed by atoms with Crippen molar-refractivity contribution in [3.8, 4) is 0 Å². The molecule has 0 aromatic carbocycles. The van der Waals surface area contributed by atoms with E-state index in [1.54, 1.807) is 0 Å². The first kappa shape index (κ1) is 12.9. The average molecular weight is 202 g/mol. The third-order valence-corrected chi connectivity index (χ3v) is 1.78. The minimum Gasteiger partial charge on any atom is -0.391 e. The number of aliphatic hydroxyl groups excluding tert-OH is 1. The molecule has 0 rings (SSSR count). The summed E-state index contributed by atoms with van der Waals surface area (Å²) in [6.45, 7) is 5.25. The van der Waals surface area contributed by atoms with E-state index < -0.39 is 6.10 Å².